The van der Waals surface area contributed by atoms with Gasteiger partial charge in [0.05, 0.1) is 0 Å². The molecule has 2 aromatic rings. The summed E-state index contributed by atoms with van der Waals surface area (Å²) in [6.07, 6.45) is 0. The molecule has 0 bridgehead atoms. The lowest BCUT2D eigenvalue weighted by Gasteiger charge is -2.32. The lowest BCUT2D eigenvalue weighted by atomic mass is 10.1. The normalized spacial score (nSPS) is 16.4. The van der Waals surface area contributed by atoms with Crippen molar-refractivity contribution in [1.82, 2.24) is 9.80 Å². The van der Waals surface area contributed by atoms with E-state index in [0.29, 0.717) is 29.1 Å². The van der Waals surface area contributed by atoms with Crippen molar-refractivity contribution >= 4 is 28.5 Å². The van der Waals surface area contributed by atoms with E-state index < -0.39 is 5.63 Å². The monoisotopic (exact) mass is 306 g/mol. The Bertz CT molecular complexity index is 748. The van der Waals surface area contributed by atoms with Gasteiger partial charge in [-0.05, 0) is 31.3 Å². The number of fused-ring (bicyclic) bond motifs is 1. The maximum Gasteiger partial charge on any atom is 0.349 e. The molecule has 5 nitrogen and oxygen atoms in total. The van der Waals surface area contributed by atoms with E-state index in [1.807, 2.05) is 7.05 Å². The fourth-order valence-corrected chi connectivity index (χ4v) is 2.60. The van der Waals surface area contributed by atoms with E-state index in [2.05, 4.69) is 4.90 Å². The van der Waals surface area contributed by atoms with Crippen LogP contribution in [0.2, 0.25) is 5.02 Å². The zero-order valence-corrected chi connectivity index (χ0v) is 12.4. The Hall–Kier alpha value is -1.85. The van der Waals surface area contributed by atoms with Crippen LogP contribution in [-0.4, -0.2) is 48.9 Å². The predicted molar refractivity (Wildman–Crippen MR) is 80.9 cm³/mol. The third-order valence-corrected chi connectivity index (χ3v) is 3.95. The molecule has 1 aromatic heterocycles. The molecule has 1 amide bonds. The smallest absolute Gasteiger partial charge is 0.349 e. The number of rotatable bonds is 1. The second-order valence-electron chi connectivity index (χ2n) is 5.23. The first-order valence-electron chi connectivity index (χ1n) is 6.76. The van der Waals surface area contributed by atoms with E-state index in [1.165, 1.54) is 0 Å². The van der Waals surface area contributed by atoms with Gasteiger partial charge in [-0.2, -0.15) is 0 Å². The Morgan fingerprint density at radius 3 is 2.62 bits per heavy atom. The predicted octanol–water partition coefficient (Wildman–Crippen LogP) is 1.83. The molecule has 0 N–H and O–H groups in total. The van der Waals surface area contributed by atoms with Gasteiger partial charge in [0.25, 0.3) is 5.91 Å². The number of amides is 1. The second kappa shape index (κ2) is 5.50. The van der Waals surface area contributed by atoms with Crippen LogP contribution in [0.25, 0.3) is 11.0 Å². The van der Waals surface area contributed by atoms with Crippen molar-refractivity contribution in [2.75, 3.05) is 33.2 Å². The van der Waals surface area contributed by atoms with Crippen molar-refractivity contribution in [3.05, 3.63) is 45.3 Å². The molecule has 6 heteroatoms. The largest absolute Gasteiger partial charge is 0.422 e. The minimum absolute atomic E-state index is 0.0642. The van der Waals surface area contributed by atoms with Crippen LogP contribution in [0.4, 0.5) is 0 Å². The minimum atomic E-state index is -0.603. The zero-order chi connectivity index (χ0) is 15.0. The molecule has 3 rings (SSSR count). The molecular weight excluding hydrogens is 292 g/mol. The van der Waals surface area contributed by atoms with Gasteiger partial charge in [-0.25, -0.2) is 4.79 Å². The molecule has 1 saturated heterocycles. The topological polar surface area (TPSA) is 53.8 Å². The van der Waals surface area contributed by atoms with Crippen LogP contribution < -0.4 is 5.63 Å². The molecule has 0 aliphatic carbocycles. The standard InChI is InChI=1S/C15H15ClN2O3/c1-17-4-6-18(7-5-17)14(19)12-9-10-8-11(16)2-3-13(10)21-15(12)20/h2-3,8-9H,4-7H2,1H3. The maximum atomic E-state index is 12.5. The van der Waals surface area contributed by atoms with Gasteiger partial charge in [0.2, 0.25) is 0 Å². The van der Waals surface area contributed by atoms with E-state index in [9.17, 15) is 9.59 Å². The van der Waals surface area contributed by atoms with Crippen molar-refractivity contribution in [3.8, 4) is 0 Å². The van der Waals surface area contributed by atoms with Gasteiger partial charge >= 0.3 is 5.63 Å². The quantitative estimate of drug-likeness (QED) is 0.754. The number of hydrogen-bond acceptors (Lipinski definition) is 4. The van der Waals surface area contributed by atoms with Crippen LogP contribution in [-0.2, 0) is 0 Å². The molecular formula is C15H15ClN2O3. The molecule has 0 spiro atoms. The zero-order valence-electron chi connectivity index (χ0n) is 11.6. The van der Waals surface area contributed by atoms with Crippen molar-refractivity contribution in [2.24, 2.45) is 0 Å². The van der Waals surface area contributed by atoms with Gasteiger partial charge in [-0.15, -0.1) is 0 Å². The van der Waals surface area contributed by atoms with Crippen molar-refractivity contribution in [2.45, 2.75) is 0 Å². The number of halogens is 1. The average Bonchev–Trinajstić information content (AvgIpc) is 2.47. The van der Waals surface area contributed by atoms with Crippen molar-refractivity contribution < 1.29 is 9.21 Å². The van der Waals surface area contributed by atoms with E-state index in [4.69, 9.17) is 16.0 Å². The van der Waals surface area contributed by atoms with Gasteiger partial charge in [-0.3, -0.25) is 4.79 Å². The summed E-state index contributed by atoms with van der Waals surface area (Å²) in [6.45, 7) is 2.83. The summed E-state index contributed by atoms with van der Waals surface area (Å²) in [7, 11) is 2.01. The van der Waals surface area contributed by atoms with E-state index >= 15 is 0 Å². The number of piperazine rings is 1. The molecule has 0 saturated carbocycles. The number of carbonyl (C=O) groups is 1. The summed E-state index contributed by atoms with van der Waals surface area (Å²) < 4.78 is 5.21. The molecule has 110 valence electrons. The number of nitrogens with zero attached hydrogens (tertiary/aromatic N) is 2. The Labute approximate surface area is 126 Å². The van der Waals surface area contributed by atoms with Crippen LogP contribution in [0.5, 0.6) is 0 Å². The highest BCUT2D eigenvalue weighted by Gasteiger charge is 2.23. The highest BCUT2D eigenvalue weighted by atomic mass is 35.5. The van der Waals surface area contributed by atoms with Crippen LogP contribution in [0.3, 0.4) is 0 Å². The first kappa shape index (κ1) is 14.1. The minimum Gasteiger partial charge on any atom is -0.422 e. The average molecular weight is 307 g/mol. The second-order valence-corrected chi connectivity index (χ2v) is 5.66. The van der Waals surface area contributed by atoms with E-state index in [0.717, 1.165) is 13.1 Å². The van der Waals surface area contributed by atoms with Crippen molar-refractivity contribution in [3.63, 3.8) is 0 Å². The summed E-state index contributed by atoms with van der Waals surface area (Å²) in [4.78, 5) is 28.3. The fraction of sp³-hybridized carbons (Fsp3) is 0.333. The van der Waals surface area contributed by atoms with Crippen LogP contribution in [0.1, 0.15) is 10.4 Å². The first-order chi connectivity index (χ1) is 10.0. The maximum absolute atomic E-state index is 12.5. The lowest BCUT2D eigenvalue weighted by Crippen LogP contribution is -2.48. The van der Waals surface area contributed by atoms with Gasteiger partial charge in [0.15, 0.2) is 0 Å². The SMILES string of the molecule is CN1CCN(C(=O)c2cc3cc(Cl)ccc3oc2=O)CC1. The Balaban J connectivity index is 1.97. The van der Waals surface area contributed by atoms with Gasteiger partial charge in [-0.1, -0.05) is 11.6 Å². The highest BCUT2D eigenvalue weighted by molar-refractivity contribution is 6.31. The number of carbonyl (C=O) groups excluding carboxylic acids is 1. The summed E-state index contributed by atoms with van der Waals surface area (Å²) >= 11 is 5.93. The number of likely N-dealkylation sites (N-methyl/N-ethyl adjacent to an activating group) is 1. The highest BCUT2D eigenvalue weighted by Crippen LogP contribution is 2.19. The molecule has 0 unspecified atom stereocenters. The van der Waals surface area contributed by atoms with Crippen LogP contribution in [0.15, 0.2) is 33.5 Å². The molecule has 1 aliphatic rings. The Kier molecular flexibility index (Phi) is 3.69. The third kappa shape index (κ3) is 2.80. The van der Waals surface area contributed by atoms with Gasteiger partial charge < -0.3 is 14.2 Å². The molecule has 2 heterocycles. The molecule has 1 aliphatic heterocycles. The van der Waals surface area contributed by atoms with E-state index in [-0.39, 0.29) is 11.5 Å². The molecule has 1 fully saturated rings. The van der Waals surface area contributed by atoms with Gasteiger partial charge in [0, 0.05) is 36.6 Å². The molecule has 1 aromatic carbocycles. The summed E-state index contributed by atoms with van der Waals surface area (Å²) in [5.41, 5.74) is -0.109. The lowest BCUT2D eigenvalue weighted by molar-refractivity contribution is 0.0660. The summed E-state index contributed by atoms with van der Waals surface area (Å²) in [5, 5.41) is 1.19. The van der Waals surface area contributed by atoms with Crippen molar-refractivity contribution in [1.29, 1.82) is 0 Å². The third-order valence-electron chi connectivity index (χ3n) is 3.72. The molecule has 0 radical (unpaired) electrons. The summed E-state index contributed by atoms with van der Waals surface area (Å²) in [6, 6.07) is 6.52. The fourth-order valence-electron chi connectivity index (χ4n) is 2.42. The molecule has 21 heavy (non-hydrogen) atoms. The van der Waals surface area contributed by atoms with Gasteiger partial charge in [0.1, 0.15) is 11.1 Å². The summed E-state index contributed by atoms with van der Waals surface area (Å²) in [5.74, 6) is -0.279. The van der Waals surface area contributed by atoms with E-state index in [1.54, 1.807) is 29.2 Å². The number of hydrogen-bond donors (Lipinski definition) is 0. The first-order valence-corrected chi connectivity index (χ1v) is 7.13. The number of benzene rings is 1. The Morgan fingerprint density at radius 2 is 1.90 bits per heavy atom. The van der Waals surface area contributed by atoms with Crippen LogP contribution >= 0.6 is 11.6 Å². The molecule has 0 atom stereocenters. The Morgan fingerprint density at radius 1 is 1.19 bits per heavy atom. The van der Waals surface area contributed by atoms with Crippen LogP contribution in [0, 0.1) is 0 Å².